The highest BCUT2D eigenvalue weighted by atomic mass is 19.1. The molecule has 2 saturated heterocycles. The Morgan fingerprint density at radius 3 is 2.41 bits per heavy atom. The summed E-state index contributed by atoms with van der Waals surface area (Å²) < 4.78 is 28.5. The number of nitrogens with zero attached hydrogens (tertiary/aromatic N) is 4. The van der Waals surface area contributed by atoms with Crippen molar-refractivity contribution in [2.45, 2.75) is 38.1 Å². The third-order valence-corrected chi connectivity index (χ3v) is 7.63. The predicted molar refractivity (Wildman–Crippen MR) is 146 cm³/mol. The molecular weight excluding hydrogens is 532 g/mol. The van der Waals surface area contributed by atoms with E-state index in [1.807, 2.05) is 30.3 Å². The van der Waals surface area contributed by atoms with Crippen LogP contribution in [-0.4, -0.2) is 75.1 Å². The molecule has 3 atom stereocenters. The molecule has 214 valence electrons. The van der Waals surface area contributed by atoms with E-state index in [0.29, 0.717) is 5.56 Å². The second-order valence-electron chi connectivity index (χ2n) is 10.3. The van der Waals surface area contributed by atoms with Crippen molar-refractivity contribution in [3.63, 3.8) is 0 Å². The average Bonchev–Trinajstić information content (AvgIpc) is 2.94. The number of rotatable bonds is 6. The predicted octanol–water partition coefficient (Wildman–Crippen LogP) is 3.41. The number of hydrogen-bond donors (Lipinski definition) is 2. The fourth-order valence-electron chi connectivity index (χ4n) is 5.53. The molecule has 0 radical (unpaired) electrons. The summed E-state index contributed by atoms with van der Waals surface area (Å²) in [5, 5.41) is 15.6. The lowest BCUT2D eigenvalue weighted by Gasteiger charge is -2.55. The van der Waals surface area contributed by atoms with Crippen LogP contribution in [0.15, 0.2) is 72.8 Å². The number of phenols is 1. The zero-order chi connectivity index (χ0) is 29.3. The van der Waals surface area contributed by atoms with Gasteiger partial charge < -0.3 is 20.2 Å². The van der Waals surface area contributed by atoms with Gasteiger partial charge in [0.25, 0.3) is 0 Å². The Morgan fingerprint density at radius 1 is 1.02 bits per heavy atom. The first kappa shape index (κ1) is 28.0. The number of hydrazine groups is 1. The van der Waals surface area contributed by atoms with Crippen molar-refractivity contribution in [1.82, 2.24) is 25.1 Å². The summed E-state index contributed by atoms with van der Waals surface area (Å²) in [7, 11) is 1.62. The number of benzene rings is 3. The van der Waals surface area contributed by atoms with Gasteiger partial charge in [-0.2, -0.15) is 0 Å². The van der Waals surface area contributed by atoms with E-state index in [9.17, 15) is 28.3 Å². The lowest BCUT2D eigenvalue weighted by molar-refractivity contribution is -0.189. The summed E-state index contributed by atoms with van der Waals surface area (Å²) in [6.07, 6.45) is -0.776. The topological polar surface area (TPSA) is 96.4 Å². The number of carbonyl (C=O) groups is 3. The number of halogens is 2. The molecule has 41 heavy (non-hydrogen) atoms. The Labute approximate surface area is 236 Å². The number of aromatic hydroxyl groups is 1. The molecule has 3 aromatic carbocycles. The first-order valence-electron chi connectivity index (χ1n) is 13.3. The van der Waals surface area contributed by atoms with Gasteiger partial charge in [0, 0.05) is 31.6 Å². The van der Waals surface area contributed by atoms with Crippen LogP contribution >= 0.6 is 0 Å². The maximum absolute atomic E-state index is 14.8. The number of amides is 4. The van der Waals surface area contributed by atoms with E-state index in [-0.39, 0.29) is 43.3 Å². The van der Waals surface area contributed by atoms with Gasteiger partial charge in [0.05, 0.1) is 19.1 Å². The van der Waals surface area contributed by atoms with Gasteiger partial charge in [0.15, 0.2) is 0 Å². The van der Waals surface area contributed by atoms with E-state index in [1.165, 1.54) is 38.0 Å². The highest BCUT2D eigenvalue weighted by Gasteiger charge is 2.51. The Bertz CT molecular complexity index is 1440. The minimum absolute atomic E-state index is 0.0561. The van der Waals surface area contributed by atoms with E-state index < -0.39 is 41.8 Å². The van der Waals surface area contributed by atoms with Crippen molar-refractivity contribution >= 4 is 17.8 Å². The Kier molecular flexibility index (Phi) is 7.89. The van der Waals surface area contributed by atoms with Crippen LogP contribution in [0.2, 0.25) is 0 Å². The maximum Gasteiger partial charge on any atom is 0.334 e. The van der Waals surface area contributed by atoms with Gasteiger partial charge in [0.2, 0.25) is 11.8 Å². The third kappa shape index (κ3) is 5.71. The third-order valence-electron chi connectivity index (χ3n) is 7.63. The number of fused-ring (bicyclic) bond motifs is 1. The monoisotopic (exact) mass is 563 g/mol. The van der Waals surface area contributed by atoms with Crippen LogP contribution in [0.4, 0.5) is 13.6 Å². The van der Waals surface area contributed by atoms with Crippen molar-refractivity contribution in [2.24, 2.45) is 0 Å². The highest BCUT2D eigenvalue weighted by molar-refractivity contribution is 5.92. The minimum atomic E-state index is -1.00. The van der Waals surface area contributed by atoms with Gasteiger partial charge in [-0.15, -0.1) is 0 Å². The zero-order valence-corrected chi connectivity index (χ0v) is 22.7. The van der Waals surface area contributed by atoms with Crippen LogP contribution in [-0.2, 0) is 22.6 Å². The number of carbonyl (C=O) groups excluding carboxylic acids is 3. The van der Waals surface area contributed by atoms with Gasteiger partial charge >= 0.3 is 6.03 Å². The zero-order valence-electron chi connectivity index (χ0n) is 22.7. The SMILES string of the molecule is C[C@@H](c1ccc(F)cc1F)N1C[C@H]2N(C(=O)CN(C)N2C(=O)NCc2ccccc2)[C@@H](Cc2ccc(O)cc2)C1=O. The van der Waals surface area contributed by atoms with Crippen LogP contribution in [0.25, 0.3) is 0 Å². The Morgan fingerprint density at radius 2 is 1.73 bits per heavy atom. The van der Waals surface area contributed by atoms with Gasteiger partial charge in [-0.1, -0.05) is 48.5 Å². The van der Waals surface area contributed by atoms with E-state index in [4.69, 9.17) is 0 Å². The largest absolute Gasteiger partial charge is 0.508 e. The van der Waals surface area contributed by atoms with Gasteiger partial charge in [-0.05, 0) is 36.2 Å². The maximum atomic E-state index is 14.8. The fourth-order valence-corrected chi connectivity index (χ4v) is 5.53. The molecule has 0 saturated carbocycles. The average molecular weight is 564 g/mol. The normalized spacial score (nSPS) is 20.1. The molecule has 2 aliphatic rings. The molecule has 2 aliphatic heterocycles. The van der Waals surface area contributed by atoms with E-state index in [0.717, 1.165) is 17.7 Å². The molecule has 2 N–H and O–H groups in total. The van der Waals surface area contributed by atoms with Crippen LogP contribution in [0.3, 0.4) is 0 Å². The number of urea groups is 1. The quantitative estimate of drug-likeness (QED) is 0.479. The molecule has 2 heterocycles. The van der Waals surface area contributed by atoms with Crippen LogP contribution in [0.5, 0.6) is 5.75 Å². The molecule has 4 amide bonds. The number of hydrogen-bond acceptors (Lipinski definition) is 5. The number of phenolic OH excluding ortho intramolecular Hbond substituents is 1. The molecule has 0 aromatic heterocycles. The molecule has 0 bridgehead atoms. The summed E-state index contributed by atoms with van der Waals surface area (Å²) >= 11 is 0. The first-order chi connectivity index (χ1) is 19.6. The van der Waals surface area contributed by atoms with Crippen molar-refractivity contribution < 1.29 is 28.3 Å². The smallest absolute Gasteiger partial charge is 0.334 e. The Balaban J connectivity index is 1.50. The summed E-state index contributed by atoms with van der Waals surface area (Å²) in [6.45, 7) is 1.67. The van der Waals surface area contributed by atoms with Crippen molar-refractivity contribution in [2.75, 3.05) is 20.1 Å². The van der Waals surface area contributed by atoms with Gasteiger partial charge in [-0.25, -0.2) is 23.6 Å². The van der Waals surface area contributed by atoms with Crippen LogP contribution in [0.1, 0.15) is 29.7 Å². The second kappa shape index (κ2) is 11.5. The fraction of sp³-hybridized carbons (Fsp3) is 0.300. The van der Waals surface area contributed by atoms with E-state index >= 15 is 0 Å². The summed E-state index contributed by atoms with van der Waals surface area (Å²) in [6, 6.07) is 16.6. The molecule has 0 aliphatic carbocycles. The van der Waals surface area contributed by atoms with Gasteiger partial charge in [-0.3, -0.25) is 9.59 Å². The molecule has 0 spiro atoms. The minimum Gasteiger partial charge on any atom is -0.508 e. The molecule has 11 heteroatoms. The lowest BCUT2D eigenvalue weighted by Crippen LogP contribution is -2.76. The summed E-state index contributed by atoms with van der Waals surface area (Å²) in [5.41, 5.74) is 1.70. The summed E-state index contributed by atoms with van der Waals surface area (Å²) in [4.78, 5) is 43.9. The molecule has 2 fully saturated rings. The number of likely N-dealkylation sites (N-methyl/N-ethyl adjacent to an activating group) is 1. The van der Waals surface area contributed by atoms with Gasteiger partial charge in [0.1, 0.15) is 29.6 Å². The van der Waals surface area contributed by atoms with Crippen LogP contribution in [0, 0.1) is 11.6 Å². The lowest BCUT2D eigenvalue weighted by atomic mass is 9.96. The standard InChI is InChI=1S/C30H31F2N5O4/c1-19(24-13-10-22(31)15-25(24)32)35-17-27-36(26(29(35)40)14-20-8-11-23(38)12-9-20)28(39)18-34(2)37(27)30(41)33-16-21-6-4-3-5-7-21/h3-13,15,19,26-27,38H,14,16-18H2,1-2H3,(H,33,41)/t19-,26-,27-/m0/s1. The van der Waals surface area contributed by atoms with Crippen molar-refractivity contribution in [3.05, 3.63) is 101 Å². The van der Waals surface area contributed by atoms with E-state index in [2.05, 4.69) is 5.32 Å². The number of nitrogens with one attached hydrogen (secondary N) is 1. The molecular formula is C30H31F2N5O4. The van der Waals surface area contributed by atoms with Crippen LogP contribution < -0.4 is 5.32 Å². The Hall–Kier alpha value is -4.51. The first-order valence-corrected chi connectivity index (χ1v) is 13.3. The number of piperazine rings is 1. The molecule has 5 rings (SSSR count). The molecule has 0 unspecified atom stereocenters. The van der Waals surface area contributed by atoms with Crippen molar-refractivity contribution in [1.29, 1.82) is 0 Å². The molecule has 3 aromatic rings. The summed E-state index contributed by atoms with van der Waals surface area (Å²) in [5.74, 6) is -2.23. The van der Waals surface area contributed by atoms with Crippen molar-refractivity contribution in [3.8, 4) is 5.75 Å². The highest BCUT2D eigenvalue weighted by Crippen LogP contribution is 2.33. The second-order valence-corrected chi connectivity index (χ2v) is 10.3. The molecule has 9 nitrogen and oxygen atoms in total. The van der Waals surface area contributed by atoms with E-state index in [1.54, 1.807) is 26.1 Å².